The van der Waals surface area contributed by atoms with Gasteiger partial charge in [-0.05, 0) is 60.4 Å². The van der Waals surface area contributed by atoms with Crippen LogP contribution in [0, 0.1) is 5.92 Å². The van der Waals surface area contributed by atoms with Crippen molar-refractivity contribution in [2.24, 2.45) is 5.92 Å². The number of ether oxygens (including phenoxy) is 1. The fourth-order valence-corrected chi connectivity index (χ4v) is 6.47. The molecule has 9 nitrogen and oxygen atoms in total. The summed E-state index contributed by atoms with van der Waals surface area (Å²) in [5, 5.41) is 19.7. The van der Waals surface area contributed by atoms with Crippen LogP contribution in [0.1, 0.15) is 49.8 Å². The Labute approximate surface area is 291 Å². The Kier molecular flexibility index (Phi) is 13.4. The number of carbonyl (C=O) groups excluding carboxylic acids is 3. The van der Waals surface area contributed by atoms with Gasteiger partial charge in [0.1, 0.15) is 17.3 Å². The molecule has 0 radical (unpaired) electrons. The maximum atomic E-state index is 14.3. The number of amides is 3. The highest BCUT2D eigenvalue weighted by atomic mass is 19.4. The van der Waals surface area contributed by atoms with Gasteiger partial charge in [-0.1, -0.05) is 93.1 Å². The van der Waals surface area contributed by atoms with Crippen molar-refractivity contribution < 1.29 is 37.4 Å². The summed E-state index contributed by atoms with van der Waals surface area (Å²) in [6.07, 6.45) is -5.12. The molecule has 4 rings (SSSR count). The summed E-state index contributed by atoms with van der Waals surface area (Å²) in [5.74, 6) is -3.38. The van der Waals surface area contributed by atoms with Crippen molar-refractivity contribution in [1.29, 1.82) is 0 Å². The van der Waals surface area contributed by atoms with Gasteiger partial charge in [-0.3, -0.25) is 14.4 Å². The first-order chi connectivity index (χ1) is 23.9. The van der Waals surface area contributed by atoms with E-state index in [1.54, 1.807) is 21.0 Å². The van der Waals surface area contributed by atoms with Gasteiger partial charge in [0.05, 0.1) is 19.3 Å². The Morgan fingerprint density at radius 2 is 1.62 bits per heavy atom. The van der Waals surface area contributed by atoms with Gasteiger partial charge in [-0.15, -0.1) is 0 Å². The third-order valence-corrected chi connectivity index (χ3v) is 9.57. The van der Waals surface area contributed by atoms with Crippen LogP contribution >= 0.6 is 0 Å². The van der Waals surface area contributed by atoms with E-state index in [2.05, 4.69) is 10.6 Å². The highest BCUT2D eigenvalue weighted by Gasteiger charge is 2.56. The van der Waals surface area contributed by atoms with Gasteiger partial charge in [0.25, 0.3) is 0 Å². The van der Waals surface area contributed by atoms with Crippen molar-refractivity contribution in [2.75, 3.05) is 20.2 Å². The largest absolute Gasteiger partial charge is 0.497 e. The van der Waals surface area contributed by atoms with Crippen molar-refractivity contribution in [1.82, 2.24) is 20.9 Å². The van der Waals surface area contributed by atoms with Crippen molar-refractivity contribution >= 4 is 17.7 Å². The lowest BCUT2D eigenvalue weighted by atomic mass is 9.81. The van der Waals surface area contributed by atoms with Gasteiger partial charge in [-0.25, -0.2) is 0 Å². The maximum absolute atomic E-state index is 14.3. The number of nitrogens with one attached hydrogen (secondary N) is 3. The van der Waals surface area contributed by atoms with E-state index < -0.39 is 53.5 Å². The number of nitrogens with zero attached hydrogens (tertiary/aromatic N) is 1. The Morgan fingerprint density at radius 1 is 0.980 bits per heavy atom. The zero-order valence-corrected chi connectivity index (χ0v) is 28.7. The molecule has 270 valence electrons. The molecule has 3 aromatic rings. The van der Waals surface area contributed by atoms with Crippen LogP contribution in [0.5, 0.6) is 5.75 Å². The molecule has 50 heavy (non-hydrogen) atoms. The number of likely N-dealkylation sites (tertiary alicyclic amines) is 1. The molecule has 0 spiro atoms. The third kappa shape index (κ3) is 9.85. The average Bonchev–Trinajstić information content (AvgIpc) is 3.43. The van der Waals surface area contributed by atoms with Gasteiger partial charge in [0.2, 0.25) is 11.8 Å². The predicted molar refractivity (Wildman–Crippen MR) is 184 cm³/mol. The minimum atomic E-state index is -5.18. The van der Waals surface area contributed by atoms with E-state index in [1.165, 1.54) is 4.90 Å². The number of alkyl halides is 3. The van der Waals surface area contributed by atoms with Crippen LogP contribution in [0.15, 0.2) is 84.9 Å². The van der Waals surface area contributed by atoms with E-state index in [4.69, 9.17) is 4.74 Å². The monoisotopic (exact) mass is 696 g/mol. The highest BCUT2D eigenvalue weighted by molar-refractivity contribution is 5.97. The van der Waals surface area contributed by atoms with E-state index in [1.807, 2.05) is 90.2 Å². The maximum Gasteiger partial charge on any atom is 0.471 e. The Bertz CT molecular complexity index is 1560. The van der Waals surface area contributed by atoms with E-state index in [0.29, 0.717) is 25.1 Å². The summed E-state index contributed by atoms with van der Waals surface area (Å²) in [6.45, 7) is 3.90. The van der Waals surface area contributed by atoms with E-state index in [0.717, 1.165) is 16.7 Å². The van der Waals surface area contributed by atoms with Gasteiger partial charge < -0.3 is 30.7 Å². The van der Waals surface area contributed by atoms with Crippen LogP contribution in [0.2, 0.25) is 0 Å². The standard InChI is InChI=1S/C38H47F3N4O5/c1-4-26(2)37(44-35(48)38(39,40)41)20-21-45(36(37)49)32(19-18-27-12-7-5-8-13-27)34(47)43-31(23-28-14-9-6-10-15-28)33(46)25-42-24-29-16-11-17-30(22-29)50-3/h5-17,22,26,31-33,42,46H,4,18-21,23-25H2,1-3H3,(H,43,47)(H,44,48)/t26-,31-,32-,33+,37?/m0/s1. The molecule has 1 fully saturated rings. The minimum Gasteiger partial charge on any atom is -0.497 e. The van der Waals surface area contributed by atoms with Crippen LogP contribution in [0.25, 0.3) is 0 Å². The molecule has 0 saturated carbocycles. The van der Waals surface area contributed by atoms with Gasteiger partial charge in [0, 0.05) is 19.6 Å². The summed E-state index contributed by atoms with van der Waals surface area (Å²) in [4.78, 5) is 41.9. The normalized spacial score (nSPS) is 18.6. The Balaban J connectivity index is 1.59. The number of methoxy groups -OCH3 is 1. The van der Waals surface area contributed by atoms with Gasteiger partial charge in [-0.2, -0.15) is 13.2 Å². The first kappa shape index (κ1) is 38.4. The number of carbonyl (C=O) groups is 3. The molecule has 0 bridgehead atoms. The fraction of sp³-hybridized carbons (Fsp3) is 0.447. The molecule has 4 N–H and O–H groups in total. The number of aliphatic hydroxyl groups excluding tert-OH is 1. The number of hydrogen-bond acceptors (Lipinski definition) is 6. The molecule has 0 aliphatic carbocycles. The zero-order chi connectivity index (χ0) is 36.3. The quantitative estimate of drug-likeness (QED) is 0.164. The van der Waals surface area contributed by atoms with Crippen molar-refractivity contribution in [2.45, 2.75) is 82.4 Å². The first-order valence-electron chi connectivity index (χ1n) is 17.0. The highest BCUT2D eigenvalue weighted by Crippen LogP contribution is 2.35. The summed E-state index contributed by atoms with van der Waals surface area (Å²) in [5.41, 5.74) is 0.905. The number of halogens is 3. The molecule has 1 aliphatic heterocycles. The Hall–Kier alpha value is -4.42. The summed E-state index contributed by atoms with van der Waals surface area (Å²) in [6, 6.07) is 24.4. The summed E-state index contributed by atoms with van der Waals surface area (Å²) < 4.78 is 45.6. The zero-order valence-electron chi connectivity index (χ0n) is 28.7. The molecule has 3 amide bonds. The molecule has 1 unspecified atom stereocenters. The van der Waals surface area contributed by atoms with Crippen LogP contribution in [0.4, 0.5) is 13.2 Å². The molecule has 3 aromatic carbocycles. The lowest BCUT2D eigenvalue weighted by Crippen LogP contribution is -2.62. The van der Waals surface area contributed by atoms with Crippen LogP contribution in [0.3, 0.4) is 0 Å². The molecular formula is C38H47F3N4O5. The molecule has 12 heteroatoms. The van der Waals surface area contributed by atoms with Crippen LogP contribution in [-0.4, -0.2) is 77.8 Å². The number of rotatable bonds is 17. The summed E-state index contributed by atoms with van der Waals surface area (Å²) in [7, 11) is 1.58. The molecule has 1 heterocycles. The fourth-order valence-electron chi connectivity index (χ4n) is 6.47. The van der Waals surface area contributed by atoms with Crippen LogP contribution < -0.4 is 20.7 Å². The number of benzene rings is 3. The second-order valence-electron chi connectivity index (χ2n) is 12.9. The van der Waals surface area contributed by atoms with E-state index >= 15 is 0 Å². The van der Waals surface area contributed by atoms with Crippen molar-refractivity contribution in [3.63, 3.8) is 0 Å². The second kappa shape index (κ2) is 17.5. The number of aliphatic hydroxyl groups is 1. The molecule has 1 saturated heterocycles. The van der Waals surface area contributed by atoms with Crippen LogP contribution in [-0.2, 0) is 33.8 Å². The first-order valence-corrected chi connectivity index (χ1v) is 17.0. The third-order valence-electron chi connectivity index (χ3n) is 9.57. The topological polar surface area (TPSA) is 120 Å². The lowest BCUT2D eigenvalue weighted by molar-refractivity contribution is -0.177. The number of aryl methyl sites for hydroxylation is 1. The SMILES string of the molecule is CC[C@H](C)C1(NC(=O)C(F)(F)F)CCN([C@@H](CCc2ccccc2)C(=O)N[C@@H](Cc2ccccc2)[C@H](O)CNCc2cccc(OC)c2)C1=O. The molecule has 0 aromatic heterocycles. The molecular weight excluding hydrogens is 649 g/mol. The summed E-state index contributed by atoms with van der Waals surface area (Å²) >= 11 is 0. The smallest absolute Gasteiger partial charge is 0.471 e. The van der Waals surface area contributed by atoms with E-state index in [-0.39, 0.29) is 32.4 Å². The van der Waals surface area contributed by atoms with E-state index in [9.17, 15) is 32.7 Å². The average molecular weight is 697 g/mol. The lowest BCUT2D eigenvalue weighted by Gasteiger charge is -2.36. The Morgan fingerprint density at radius 3 is 2.24 bits per heavy atom. The van der Waals surface area contributed by atoms with Gasteiger partial charge in [0.15, 0.2) is 0 Å². The molecule has 1 aliphatic rings. The van der Waals surface area contributed by atoms with Gasteiger partial charge >= 0.3 is 12.1 Å². The van der Waals surface area contributed by atoms with Crippen molar-refractivity contribution in [3.8, 4) is 5.75 Å². The van der Waals surface area contributed by atoms with Crippen molar-refractivity contribution in [3.05, 3.63) is 102 Å². The minimum absolute atomic E-state index is 0.0256. The second-order valence-corrected chi connectivity index (χ2v) is 12.9. The number of hydrogen-bond donors (Lipinski definition) is 4. The molecule has 5 atom stereocenters. The predicted octanol–water partition coefficient (Wildman–Crippen LogP) is 4.57.